The molecular weight excluding hydrogens is 390 g/mol. The summed E-state index contributed by atoms with van der Waals surface area (Å²) >= 11 is 0. The van der Waals surface area contributed by atoms with Crippen LogP contribution < -0.4 is 19.3 Å². The van der Waals surface area contributed by atoms with Gasteiger partial charge in [-0.15, -0.1) is 0 Å². The summed E-state index contributed by atoms with van der Waals surface area (Å²) in [4.78, 5) is 19.1. The van der Waals surface area contributed by atoms with Crippen molar-refractivity contribution in [3.8, 4) is 22.9 Å². The number of nitrogens with zero attached hydrogens (tertiary/aromatic N) is 5. The molecule has 4 rings (SSSR count). The van der Waals surface area contributed by atoms with Gasteiger partial charge in [0.15, 0.2) is 11.5 Å². The Morgan fingerprint density at radius 2 is 1.63 bits per heavy atom. The Morgan fingerprint density at radius 3 is 2.27 bits per heavy atom. The second kappa shape index (κ2) is 8.27. The normalized spacial score (nSPS) is 13.9. The van der Waals surface area contributed by atoms with Gasteiger partial charge in [-0.3, -0.25) is 10.1 Å². The van der Waals surface area contributed by atoms with Gasteiger partial charge in [-0.25, -0.2) is 0 Å². The van der Waals surface area contributed by atoms with Crippen LogP contribution in [0.3, 0.4) is 0 Å². The van der Waals surface area contributed by atoms with Gasteiger partial charge in [-0.1, -0.05) is 5.16 Å². The lowest BCUT2D eigenvalue weighted by Crippen LogP contribution is -2.46. The SMILES string of the molecule is COc1ccc(-c2noc(N3CCN(c4ccc([N+](=O)[O-])cc4)CC3)n2)cc1OC. The molecule has 1 aromatic heterocycles. The van der Waals surface area contributed by atoms with Crippen LogP contribution in [0.5, 0.6) is 11.5 Å². The van der Waals surface area contributed by atoms with E-state index in [1.54, 1.807) is 38.5 Å². The molecule has 10 heteroatoms. The molecule has 1 fully saturated rings. The average Bonchev–Trinajstić information content (AvgIpc) is 3.29. The summed E-state index contributed by atoms with van der Waals surface area (Å²) in [5.74, 6) is 1.70. The van der Waals surface area contributed by atoms with Crippen molar-refractivity contribution in [2.75, 3.05) is 50.2 Å². The van der Waals surface area contributed by atoms with Gasteiger partial charge in [0.2, 0.25) is 5.82 Å². The molecule has 30 heavy (non-hydrogen) atoms. The molecule has 0 bridgehead atoms. The molecule has 156 valence electrons. The average molecular weight is 411 g/mol. The molecule has 0 amide bonds. The third-order valence-corrected chi connectivity index (χ3v) is 5.03. The fourth-order valence-corrected chi connectivity index (χ4v) is 3.38. The third-order valence-electron chi connectivity index (χ3n) is 5.03. The quantitative estimate of drug-likeness (QED) is 0.447. The molecule has 0 aliphatic carbocycles. The van der Waals surface area contributed by atoms with E-state index in [-0.39, 0.29) is 5.69 Å². The maximum atomic E-state index is 10.8. The summed E-state index contributed by atoms with van der Waals surface area (Å²) in [6.45, 7) is 2.88. The number of hydrogen-bond acceptors (Lipinski definition) is 9. The Balaban J connectivity index is 1.42. The predicted octanol–water partition coefficient (Wildman–Crippen LogP) is 2.99. The highest BCUT2D eigenvalue weighted by atomic mass is 16.6. The lowest BCUT2D eigenvalue weighted by molar-refractivity contribution is -0.384. The van der Waals surface area contributed by atoms with E-state index in [1.807, 2.05) is 11.0 Å². The zero-order chi connectivity index (χ0) is 21.1. The molecule has 1 aliphatic rings. The van der Waals surface area contributed by atoms with E-state index in [0.717, 1.165) is 24.3 Å². The Hall–Kier alpha value is -3.82. The van der Waals surface area contributed by atoms with E-state index in [1.165, 1.54) is 12.1 Å². The number of nitro groups is 1. The predicted molar refractivity (Wildman–Crippen MR) is 110 cm³/mol. The summed E-state index contributed by atoms with van der Waals surface area (Å²) in [6, 6.07) is 12.5. The van der Waals surface area contributed by atoms with Crippen LogP contribution in [-0.4, -0.2) is 55.5 Å². The van der Waals surface area contributed by atoms with Gasteiger partial charge >= 0.3 is 6.01 Å². The van der Waals surface area contributed by atoms with E-state index in [0.29, 0.717) is 36.4 Å². The van der Waals surface area contributed by atoms with Crippen molar-refractivity contribution in [2.45, 2.75) is 0 Å². The van der Waals surface area contributed by atoms with Crippen LogP contribution in [-0.2, 0) is 0 Å². The van der Waals surface area contributed by atoms with E-state index < -0.39 is 4.92 Å². The highest BCUT2D eigenvalue weighted by Crippen LogP contribution is 2.32. The van der Waals surface area contributed by atoms with Crippen LogP contribution in [0.1, 0.15) is 0 Å². The number of nitro benzene ring substituents is 1. The van der Waals surface area contributed by atoms with Crippen molar-refractivity contribution in [2.24, 2.45) is 0 Å². The van der Waals surface area contributed by atoms with Crippen LogP contribution in [0.25, 0.3) is 11.4 Å². The second-order valence-corrected chi connectivity index (χ2v) is 6.72. The first-order chi connectivity index (χ1) is 14.6. The molecule has 10 nitrogen and oxygen atoms in total. The standard InChI is InChI=1S/C20H21N5O5/c1-28-17-8-3-14(13-18(17)29-2)19-21-20(30-22-19)24-11-9-23(10-12-24)15-4-6-16(7-5-15)25(26)27/h3-8,13H,9-12H2,1-2H3. The number of rotatable bonds is 6. The summed E-state index contributed by atoms with van der Waals surface area (Å²) in [6.07, 6.45) is 0. The van der Waals surface area contributed by atoms with E-state index in [2.05, 4.69) is 15.0 Å². The van der Waals surface area contributed by atoms with Crippen molar-refractivity contribution >= 4 is 17.4 Å². The van der Waals surface area contributed by atoms with Crippen molar-refractivity contribution in [3.63, 3.8) is 0 Å². The molecule has 1 aliphatic heterocycles. The number of non-ortho nitro benzene ring substituents is 1. The van der Waals surface area contributed by atoms with Crippen LogP contribution in [0, 0.1) is 10.1 Å². The number of benzene rings is 2. The number of piperazine rings is 1. The minimum Gasteiger partial charge on any atom is -0.493 e. The minimum atomic E-state index is -0.396. The maximum Gasteiger partial charge on any atom is 0.324 e. The van der Waals surface area contributed by atoms with Crippen molar-refractivity contribution in [1.82, 2.24) is 10.1 Å². The van der Waals surface area contributed by atoms with Crippen LogP contribution in [0.15, 0.2) is 47.0 Å². The summed E-state index contributed by atoms with van der Waals surface area (Å²) < 4.78 is 16.1. The van der Waals surface area contributed by atoms with Gasteiger partial charge in [-0.2, -0.15) is 4.98 Å². The largest absolute Gasteiger partial charge is 0.493 e. The molecule has 1 saturated heterocycles. The fraction of sp³-hybridized carbons (Fsp3) is 0.300. The smallest absolute Gasteiger partial charge is 0.324 e. The second-order valence-electron chi connectivity index (χ2n) is 6.72. The minimum absolute atomic E-state index is 0.0888. The Labute approximate surface area is 172 Å². The molecule has 0 spiro atoms. The first-order valence-electron chi connectivity index (χ1n) is 9.39. The van der Waals surface area contributed by atoms with Crippen molar-refractivity contribution in [3.05, 3.63) is 52.6 Å². The molecular formula is C20H21N5O5. The maximum absolute atomic E-state index is 10.8. The van der Waals surface area contributed by atoms with Crippen molar-refractivity contribution < 1.29 is 18.9 Å². The molecule has 0 unspecified atom stereocenters. The lowest BCUT2D eigenvalue weighted by atomic mass is 10.2. The van der Waals surface area contributed by atoms with Crippen LogP contribution >= 0.6 is 0 Å². The van der Waals surface area contributed by atoms with Crippen LogP contribution in [0.4, 0.5) is 17.4 Å². The Morgan fingerprint density at radius 1 is 0.967 bits per heavy atom. The monoisotopic (exact) mass is 411 g/mol. The first-order valence-corrected chi connectivity index (χ1v) is 9.39. The third kappa shape index (κ3) is 3.84. The van der Waals surface area contributed by atoms with Gasteiger partial charge in [0.1, 0.15) is 0 Å². The molecule has 0 atom stereocenters. The van der Waals surface area contributed by atoms with Gasteiger partial charge in [0.05, 0.1) is 19.1 Å². The molecule has 0 saturated carbocycles. The first kappa shape index (κ1) is 19.5. The van der Waals surface area contributed by atoms with Gasteiger partial charge in [0, 0.05) is 49.6 Å². The van der Waals surface area contributed by atoms with E-state index in [9.17, 15) is 10.1 Å². The zero-order valence-corrected chi connectivity index (χ0v) is 16.6. The Bertz CT molecular complexity index is 1030. The molecule has 0 radical (unpaired) electrons. The van der Waals surface area contributed by atoms with Gasteiger partial charge < -0.3 is 23.8 Å². The zero-order valence-electron chi connectivity index (χ0n) is 16.6. The highest BCUT2D eigenvalue weighted by molar-refractivity contribution is 5.61. The number of methoxy groups -OCH3 is 2. The summed E-state index contributed by atoms with van der Waals surface area (Å²) in [5, 5.41) is 14.9. The molecule has 2 heterocycles. The summed E-state index contributed by atoms with van der Waals surface area (Å²) in [7, 11) is 3.16. The topological polar surface area (TPSA) is 107 Å². The molecule has 0 N–H and O–H groups in total. The van der Waals surface area contributed by atoms with Gasteiger partial charge in [0.25, 0.3) is 5.69 Å². The Kier molecular flexibility index (Phi) is 5.38. The molecule has 2 aromatic carbocycles. The van der Waals surface area contributed by atoms with Crippen molar-refractivity contribution in [1.29, 1.82) is 0 Å². The molecule has 3 aromatic rings. The van der Waals surface area contributed by atoms with Gasteiger partial charge in [-0.05, 0) is 30.3 Å². The lowest BCUT2D eigenvalue weighted by Gasteiger charge is -2.34. The summed E-state index contributed by atoms with van der Waals surface area (Å²) in [5.41, 5.74) is 1.81. The fourth-order valence-electron chi connectivity index (χ4n) is 3.38. The van der Waals surface area contributed by atoms with E-state index >= 15 is 0 Å². The van der Waals surface area contributed by atoms with Crippen LogP contribution in [0.2, 0.25) is 0 Å². The van der Waals surface area contributed by atoms with E-state index in [4.69, 9.17) is 14.0 Å². The number of hydrogen-bond donors (Lipinski definition) is 0. The number of ether oxygens (including phenoxy) is 2. The number of anilines is 2. The highest BCUT2D eigenvalue weighted by Gasteiger charge is 2.23. The number of aromatic nitrogens is 2.